The molecule has 3 rings (SSSR count). The van der Waals surface area contributed by atoms with Gasteiger partial charge in [-0.1, -0.05) is 0 Å². The van der Waals surface area contributed by atoms with Crippen LogP contribution in [0.1, 0.15) is 25.7 Å². The molecule has 104 valence electrons. The molecule has 1 spiro atoms. The van der Waals surface area contributed by atoms with Crippen molar-refractivity contribution in [2.45, 2.75) is 41.6 Å². The van der Waals surface area contributed by atoms with E-state index in [1.165, 1.54) is 24.3 Å². The minimum absolute atomic E-state index is 0.144. The quantitative estimate of drug-likeness (QED) is 0.908. The van der Waals surface area contributed by atoms with Crippen LogP contribution in [0.3, 0.4) is 0 Å². The van der Waals surface area contributed by atoms with Crippen LogP contribution in [0.5, 0.6) is 0 Å². The van der Waals surface area contributed by atoms with Crippen molar-refractivity contribution >= 4 is 29.2 Å². The standard InChI is InChI=1S/C14H20N2OS2/c15-12-2-1-6-16-13(12)19-11-3-7-17-14(10-11)4-8-18-9-5-14/h1-2,6,11H,3-5,7-10,15H2. The van der Waals surface area contributed by atoms with Crippen LogP contribution >= 0.6 is 23.5 Å². The van der Waals surface area contributed by atoms with E-state index in [1.54, 1.807) is 0 Å². The maximum atomic E-state index is 6.13. The van der Waals surface area contributed by atoms with Crippen molar-refractivity contribution < 1.29 is 4.74 Å². The van der Waals surface area contributed by atoms with E-state index in [9.17, 15) is 0 Å². The van der Waals surface area contributed by atoms with E-state index in [1.807, 2.05) is 30.1 Å². The van der Waals surface area contributed by atoms with E-state index >= 15 is 0 Å². The Morgan fingerprint density at radius 3 is 3.05 bits per heavy atom. The van der Waals surface area contributed by atoms with Gasteiger partial charge in [-0.25, -0.2) is 4.98 Å². The Morgan fingerprint density at radius 1 is 1.42 bits per heavy atom. The first-order chi connectivity index (χ1) is 9.27. The molecule has 0 amide bonds. The fourth-order valence-corrected chi connectivity index (χ4v) is 5.31. The molecule has 2 fully saturated rings. The van der Waals surface area contributed by atoms with Gasteiger partial charge in [-0.3, -0.25) is 0 Å². The number of rotatable bonds is 2. The highest BCUT2D eigenvalue weighted by atomic mass is 32.2. The Morgan fingerprint density at radius 2 is 2.26 bits per heavy atom. The molecule has 1 aromatic rings. The number of nitrogen functional groups attached to an aromatic ring is 1. The molecule has 1 unspecified atom stereocenters. The number of anilines is 1. The highest BCUT2D eigenvalue weighted by Crippen LogP contribution is 2.42. The van der Waals surface area contributed by atoms with Gasteiger partial charge in [0.25, 0.3) is 0 Å². The van der Waals surface area contributed by atoms with Crippen LogP contribution in [-0.4, -0.2) is 33.9 Å². The molecule has 2 aliphatic rings. The van der Waals surface area contributed by atoms with Crippen molar-refractivity contribution in [3.05, 3.63) is 18.3 Å². The lowest BCUT2D eigenvalue weighted by molar-refractivity contribution is -0.0805. The topological polar surface area (TPSA) is 48.1 Å². The third-order valence-corrected chi connectivity index (χ3v) is 6.22. The van der Waals surface area contributed by atoms with Gasteiger partial charge >= 0.3 is 0 Å². The van der Waals surface area contributed by atoms with Crippen molar-refractivity contribution in [1.82, 2.24) is 4.98 Å². The number of hydrogen-bond acceptors (Lipinski definition) is 5. The van der Waals surface area contributed by atoms with Gasteiger partial charge in [-0.2, -0.15) is 11.8 Å². The Balaban J connectivity index is 1.67. The summed E-state index contributed by atoms with van der Waals surface area (Å²) in [5, 5.41) is 1.57. The Bertz CT molecular complexity index is 430. The fraction of sp³-hybridized carbons (Fsp3) is 0.643. The molecular formula is C14H20N2OS2. The van der Waals surface area contributed by atoms with Gasteiger partial charge in [-0.15, -0.1) is 11.8 Å². The Hall–Kier alpha value is -0.390. The minimum Gasteiger partial charge on any atom is -0.397 e. The normalized spacial score (nSPS) is 26.4. The van der Waals surface area contributed by atoms with Gasteiger partial charge in [0.05, 0.1) is 11.3 Å². The average Bonchev–Trinajstić information content (AvgIpc) is 2.42. The van der Waals surface area contributed by atoms with E-state index in [0.29, 0.717) is 5.25 Å². The molecule has 0 saturated carbocycles. The number of hydrogen-bond donors (Lipinski definition) is 1. The smallest absolute Gasteiger partial charge is 0.119 e. The second-order valence-corrected chi connectivity index (χ2v) is 7.79. The first-order valence-corrected chi connectivity index (χ1v) is 8.90. The lowest BCUT2D eigenvalue weighted by atomic mass is 9.88. The minimum atomic E-state index is 0.144. The van der Waals surface area contributed by atoms with E-state index < -0.39 is 0 Å². The van der Waals surface area contributed by atoms with Crippen molar-refractivity contribution in [3.63, 3.8) is 0 Å². The third kappa shape index (κ3) is 3.20. The van der Waals surface area contributed by atoms with Crippen LogP contribution < -0.4 is 5.73 Å². The number of pyridine rings is 1. The van der Waals surface area contributed by atoms with Crippen molar-refractivity contribution in [1.29, 1.82) is 0 Å². The second kappa shape index (κ2) is 5.94. The number of aromatic nitrogens is 1. The van der Waals surface area contributed by atoms with Gasteiger partial charge in [0.2, 0.25) is 0 Å². The molecule has 0 radical (unpaired) electrons. The predicted octanol–water partition coefficient (Wildman–Crippen LogP) is 3.20. The highest BCUT2D eigenvalue weighted by Gasteiger charge is 2.39. The molecular weight excluding hydrogens is 276 g/mol. The maximum absolute atomic E-state index is 6.13. The van der Waals surface area contributed by atoms with E-state index in [2.05, 4.69) is 16.7 Å². The maximum Gasteiger partial charge on any atom is 0.119 e. The number of ether oxygens (including phenoxy) is 1. The lowest BCUT2D eigenvalue weighted by Crippen LogP contribution is -2.43. The number of nitrogens with zero attached hydrogens (tertiary/aromatic N) is 1. The lowest BCUT2D eigenvalue weighted by Gasteiger charge is -2.43. The van der Waals surface area contributed by atoms with Crippen molar-refractivity contribution in [2.75, 3.05) is 23.8 Å². The molecule has 2 aliphatic heterocycles. The molecule has 3 nitrogen and oxygen atoms in total. The summed E-state index contributed by atoms with van der Waals surface area (Å²) in [6.45, 7) is 0.884. The molecule has 0 bridgehead atoms. The number of thioether (sulfide) groups is 2. The van der Waals surface area contributed by atoms with Gasteiger partial charge in [0.15, 0.2) is 0 Å². The predicted molar refractivity (Wildman–Crippen MR) is 82.8 cm³/mol. The van der Waals surface area contributed by atoms with Crippen LogP contribution in [0.25, 0.3) is 0 Å². The first kappa shape index (κ1) is 13.6. The fourth-order valence-electron chi connectivity index (χ4n) is 2.83. The summed E-state index contributed by atoms with van der Waals surface area (Å²) >= 11 is 3.89. The molecule has 2 N–H and O–H groups in total. The summed E-state index contributed by atoms with van der Waals surface area (Å²) in [4.78, 5) is 4.40. The Kier molecular flexibility index (Phi) is 4.24. The van der Waals surface area contributed by atoms with Crippen LogP contribution in [0, 0.1) is 0 Å². The van der Waals surface area contributed by atoms with Gasteiger partial charge in [0.1, 0.15) is 5.03 Å². The third-order valence-electron chi connectivity index (χ3n) is 3.93. The summed E-state index contributed by atoms with van der Waals surface area (Å²) in [6.07, 6.45) is 6.48. The summed E-state index contributed by atoms with van der Waals surface area (Å²) in [6, 6.07) is 3.82. The van der Waals surface area contributed by atoms with Crippen LogP contribution in [0.2, 0.25) is 0 Å². The van der Waals surface area contributed by atoms with Crippen LogP contribution in [-0.2, 0) is 4.74 Å². The zero-order chi connectivity index (χ0) is 13.1. The highest BCUT2D eigenvalue weighted by molar-refractivity contribution is 8.00. The summed E-state index contributed by atoms with van der Waals surface area (Å²) in [7, 11) is 0. The zero-order valence-corrected chi connectivity index (χ0v) is 12.6. The molecule has 1 aromatic heterocycles. The SMILES string of the molecule is Nc1cccnc1SC1CCOC2(CCSCC2)C1. The molecule has 1 atom stereocenters. The van der Waals surface area contributed by atoms with E-state index in [-0.39, 0.29) is 5.60 Å². The average molecular weight is 296 g/mol. The number of nitrogens with two attached hydrogens (primary N) is 1. The zero-order valence-electron chi connectivity index (χ0n) is 11.0. The van der Waals surface area contributed by atoms with E-state index in [0.717, 1.165) is 30.2 Å². The van der Waals surface area contributed by atoms with E-state index in [4.69, 9.17) is 10.5 Å². The Labute approximate surface area is 123 Å². The van der Waals surface area contributed by atoms with Crippen molar-refractivity contribution in [2.24, 2.45) is 0 Å². The monoisotopic (exact) mass is 296 g/mol. The molecule has 2 saturated heterocycles. The summed E-state index contributed by atoms with van der Waals surface area (Å²) < 4.78 is 6.13. The van der Waals surface area contributed by atoms with Crippen LogP contribution in [0.4, 0.5) is 5.69 Å². The second-order valence-electron chi connectivity index (χ2n) is 5.27. The van der Waals surface area contributed by atoms with Gasteiger partial charge in [0, 0.05) is 18.1 Å². The molecule has 0 aliphatic carbocycles. The summed E-state index contributed by atoms with van der Waals surface area (Å²) in [5.74, 6) is 2.48. The van der Waals surface area contributed by atoms with Gasteiger partial charge in [-0.05, 0) is 49.3 Å². The summed E-state index contributed by atoms with van der Waals surface area (Å²) in [5.41, 5.74) is 6.93. The molecule has 19 heavy (non-hydrogen) atoms. The van der Waals surface area contributed by atoms with Crippen molar-refractivity contribution in [3.8, 4) is 0 Å². The largest absolute Gasteiger partial charge is 0.397 e. The molecule has 5 heteroatoms. The molecule has 0 aromatic carbocycles. The van der Waals surface area contributed by atoms with Gasteiger partial charge < -0.3 is 10.5 Å². The molecule has 3 heterocycles. The van der Waals surface area contributed by atoms with Crippen LogP contribution in [0.15, 0.2) is 23.4 Å². The first-order valence-electron chi connectivity index (χ1n) is 6.86.